The van der Waals surface area contributed by atoms with Crippen molar-refractivity contribution in [3.05, 3.63) is 0 Å². The van der Waals surface area contributed by atoms with Gasteiger partial charge in [0.2, 0.25) is 0 Å². The summed E-state index contributed by atoms with van der Waals surface area (Å²) in [6.45, 7) is 7.42. The molecule has 0 aliphatic carbocycles. The van der Waals surface area contributed by atoms with Crippen LogP contribution in [-0.2, 0) is 14.2 Å². The lowest BCUT2D eigenvalue weighted by Crippen LogP contribution is -2.46. The highest BCUT2D eigenvalue weighted by molar-refractivity contribution is 4.57. The number of hydrogen-bond donors (Lipinski definition) is 1. The van der Waals surface area contributed by atoms with Gasteiger partial charge in [0.1, 0.15) is 0 Å². The number of nitrogens with two attached hydrogens (primary N) is 1. The van der Waals surface area contributed by atoms with E-state index in [-0.39, 0.29) is 6.54 Å². The molecule has 0 bridgehead atoms. The molecule has 0 rings (SSSR count). The second-order valence-electron chi connectivity index (χ2n) is 2.19. The monoisotopic (exact) mass is 177 g/mol. The summed E-state index contributed by atoms with van der Waals surface area (Å²) in [7, 11) is 0. The predicted octanol–water partition coefficient (Wildman–Crippen LogP) is 0.708. The predicted molar refractivity (Wildman–Crippen MR) is 46.7 cm³/mol. The SMILES string of the molecule is CCOC(CN)(OCC)OCC. The molecule has 0 aromatic rings. The van der Waals surface area contributed by atoms with Gasteiger partial charge in [-0.25, -0.2) is 0 Å². The van der Waals surface area contributed by atoms with Gasteiger partial charge in [0.05, 0.1) is 6.54 Å². The second kappa shape index (κ2) is 6.37. The molecule has 0 aromatic heterocycles. The zero-order valence-electron chi connectivity index (χ0n) is 8.13. The van der Waals surface area contributed by atoms with Crippen LogP contribution in [0.5, 0.6) is 0 Å². The Balaban J connectivity index is 4.06. The van der Waals surface area contributed by atoms with Gasteiger partial charge in [0.25, 0.3) is 5.97 Å². The summed E-state index contributed by atoms with van der Waals surface area (Å²) in [5.74, 6) is -1.03. The van der Waals surface area contributed by atoms with Gasteiger partial charge in [0, 0.05) is 19.8 Å². The number of rotatable bonds is 7. The zero-order valence-corrected chi connectivity index (χ0v) is 8.13. The van der Waals surface area contributed by atoms with Gasteiger partial charge in [0.15, 0.2) is 0 Å². The first kappa shape index (κ1) is 11.8. The van der Waals surface area contributed by atoms with Crippen molar-refractivity contribution in [1.82, 2.24) is 0 Å². The molecule has 0 aromatic carbocycles. The van der Waals surface area contributed by atoms with Crippen molar-refractivity contribution >= 4 is 0 Å². The van der Waals surface area contributed by atoms with Crippen LogP contribution in [0.2, 0.25) is 0 Å². The van der Waals surface area contributed by atoms with Gasteiger partial charge in [-0.05, 0) is 20.8 Å². The minimum atomic E-state index is -1.03. The zero-order chi connectivity index (χ0) is 9.45. The number of hydrogen-bond acceptors (Lipinski definition) is 4. The van der Waals surface area contributed by atoms with Gasteiger partial charge in [-0.1, -0.05) is 0 Å². The average molecular weight is 177 g/mol. The molecule has 4 heteroatoms. The summed E-state index contributed by atoms with van der Waals surface area (Å²) < 4.78 is 15.9. The van der Waals surface area contributed by atoms with E-state index in [2.05, 4.69) is 0 Å². The second-order valence-corrected chi connectivity index (χ2v) is 2.19. The molecule has 0 unspecified atom stereocenters. The molecular weight excluding hydrogens is 158 g/mol. The van der Waals surface area contributed by atoms with Crippen LogP contribution >= 0.6 is 0 Å². The van der Waals surface area contributed by atoms with Gasteiger partial charge < -0.3 is 19.9 Å². The first-order valence-corrected chi connectivity index (χ1v) is 4.36. The van der Waals surface area contributed by atoms with Gasteiger partial charge in [-0.2, -0.15) is 0 Å². The largest absolute Gasteiger partial charge is 0.327 e. The quantitative estimate of drug-likeness (QED) is 0.582. The van der Waals surface area contributed by atoms with E-state index in [4.69, 9.17) is 19.9 Å². The molecular formula is C8H19NO3. The topological polar surface area (TPSA) is 53.7 Å². The molecule has 2 N–H and O–H groups in total. The molecule has 4 nitrogen and oxygen atoms in total. The van der Waals surface area contributed by atoms with Gasteiger partial charge >= 0.3 is 0 Å². The summed E-state index contributed by atoms with van der Waals surface area (Å²) in [4.78, 5) is 0. The van der Waals surface area contributed by atoms with E-state index in [0.717, 1.165) is 0 Å². The van der Waals surface area contributed by atoms with Gasteiger partial charge in [-0.15, -0.1) is 0 Å². The van der Waals surface area contributed by atoms with E-state index < -0.39 is 5.97 Å². The maximum absolute atomic E-state index is 5.49. The Morgan fingerprint density at radius 2 is 1.25 bits per heavy atom. The van der Waals surface area contributed by atoms with Crippen molar-refractivity contribution in [2.24, 2.45) is 5.73 Å². The van der Waals surface area contributed by atoms with Crippen LogP contribution in [0, 0.1) is 0 Å². The standard InChI is InChI=1S/C8H19NO3/c1-4-10-8(7-9,11-5-2)12-6-3/h4-7,9H2,1-3H3. The van der Waals surface area contributed by atoms with E-state index in [9.17, 15) is 0 Å². The minimum Gasteiger partial charge on any atom is -0.327 e. The number of ether oxygens (including phenoxy) is 3. The fraction of sp³-hybridized carbons (Fsp3) is 1.00. The Kier molecular flexibility index (Phi) is 6.28. The van der Waals surface area contributed by atoms with Crippen molar-refractivity contribution in [2.75, 3.05) is 26.4 Å². The molecule has 0 radical (unpaired) electrons. The molecule has 0 aliphatic rings. The smallest absolute Gasteiger partial charge is 0.295 e. The first-order chi connectivity index (χ1) is 5.74. The van der Waals surface area contributed by atoms with Crippen LogP contribution in [0.25, 0.3) is 0 Å². The molecule has 0 heterocycles. The molecule has 0 fully saturated rings. The van der Waals surface area contributed by atoms with E-state index >= 15 is 0 Å². The van der Waals surface area contributed by atoms with Crippen molar-refractivity contribution in [1.29, 1.82) is 0 Å². The Hall–Kier alpha value is -0.160. The van der Waals surface area contributed by atoms with E-state index in [1.54, 1.807) is 0 Å². The van der Waals surface area contributed by atoms with Crippen molar-refractivity contribution in [3.63, 3.8) is 0 Å². The Labute approximate surface area is 74.0 Å². The lowest BCUT2D eigenvalue weighted by Gasteiger charge is -2.30. The fourth-order valence-corrected chi connectivity index (χ4v) is 0.962. The fourth-order valence-electron chi connectivity index (χ4n) is 0.962. The van der Waals surface area contributed by atoms with Crippen molar-refractivity contribution in [2.45, 2.75) is 26.7 Å². The van der Waals surface area contributed by atoms with Crippen LogP contribution in [-0.4, -0.2) is 32.3 Å². The highest BCUT2D eigenvalue weighted by Gasteiger charge is 2.30. The molecule has 0 saturated carbocycles. The van der Waals surface area contributed by atoms with E-state index in [1.165, 1.54) is 0 Å². The summed E-state index contributed by atoms with van der Waals surface area (Å²) >= 11 is 0. The van der Waals surface area contributed by atoms with Crippen LogP contribution in [0.4, 0.5) is 0 Å². The molecule has 0 spiro atoms. The van der Waals surface area contributed by atoms with E-state index in [1.807, 2.05) is 20.8 Å². The van der Waals surface area contributed by atoms with Crippen molar-refractivity contribution < 1.29 is 14.2 Å². The van der Waals surface area contributed by atoms with Gasteiger partial charge in [-0.3, -0.25) is 0 Å². The van der Waals surface area contributed by atoms with Crippen LogP contribution < -0.4 is 5.73 Å². The summed E-state index contributed by atoms with van der Waals surface area (Å²) in [5, 5.41) is 0. The van der Waals surface area contributed by atoms with Crippen LogP contribution in [0.1, 0.15) is 20.8 Å². The molecule has 0 amide bonds. The summed E-state index contributed by atoms with van der Waals surface area (Å²) in [6, 6.07) is 0. The summed E-state index contributed by atoms with van der Waals surface area (Å²) in [5.41, 5.74) is 5.49. The highest BCUT2D eigenvalue weighted by atomic mass is 16.9. The lowest BCUT2D eigenvalue weighted by molar-refractivity contribution is -0.370. The Morgan fingerprint density at radius 1 is 0.917 bits per heavy atom. The third-order valence-electron chi connectivity index (χ3n) is 1.34. The first-order valence-electron chi connectivity index (χ1n) is 4.36. The normalized spacial score (nSPS) is 12.0. The molecule has 0 saturated heterocycles. The maximum Gasteiger partial charge on any atom is 0.295 e. The Morgan fingerprint density at radius 3 is 1.42 bits per heavy atom. The Bertz CT molecular complexity index is 91.5. The maximum atomic E-state index is 5.49. The third-order valence-corrected chi connectivity index (χ3v) is 1.34. The van der Waals surface area contributed by atoms with Crippen LogP contribution in [0.15, 0.2) is 0 Å². The molecule has 0 atom stereocenters. The summed E-state index contributed by atoms with van der Waals surface area (Å²) in [6.07, 6.45) is 0. The molecule has 0 aliphatic heterocycles. The third kappa shape index (κ3) is 3.49. The lowest BCUT2D eigenvalue weighted by atomic mass is 10.5. The van der Waals surface area contributed by atoms with E-state index in [0.29, 0.717) is 19.8 Å². The molecule has 12 heavy (non-hydrogen) atoms. The molecule has 74 valence electrons. The average Bonchev–Trinajstić information content (AvgIpc) is 2.06. The van der Waals surface area contributed by atoms with Crippen LogP contribution in [0.3, 0.4) is 0 Å². The highest BCUT2D eigenvalue weighted by Crippen LogP contribution is 2.13. The van der Waals surface area contributed by atoms with Crippen molar-refractivity contribution in [3.8, 4) is 0 Å². The minimum absolute atomic E-state index is 0.211.